The highest BCUT2D eigenvalue weighted by atomic mass is 14.7. The molecule has 0 N–H and O–H groups in total. The summed E-state index contributed by atoms with van der Waals surface area (Å²) in [5, 5.41) is 1.20. The Morgan fingerprint density at radius 3 is 2.32 bits per heavy atom. The molecule has 0 aliphatic rings. The fraction of sp³-hybridized carbons (Fsp3) is 0.190. The van der Waals surface area contributed by atoms with E-state index in [0.717, 1.165) is 29.6 Å². The Morgan fingerprint density at radius 2 is 1.59 bits per heavy atom. The number of fused-ring (bicyclic) bond motifs is 1. The largest absolute Gasteiger partial charge is 0.248 e. The van der Waals surface area contributed by atoms with E-state index in [4.69, 9.17) is 0 Å². The average Bonchev–Trinajstić information content (AvgIpc) is 2.53. The number of rotatable bonds is 4. The van der Waals surface area contributed by atoms with Crippen molar-refractivity contribution in [3.63, 3.8) is 0 Å². The number of aryl methyl sites for hydroxylation is 3. The van der Waals surface area contributed by atoms with Gasteiger partial charge in [0.15, 0.2) is 0 Å². The number of benzene rings is 2. The molecule has 0 amide bonds. The maximum atomic E-state index is 4.64. The number of hydrogen-bond donors (Lipinski definition) is 0. The molecule has 0 aliphatic carbocycles. The van der Waals surface area contributed by atoms with E-state index in [9.17, 15) is 0 Å². The minimum absolute atomic E-state index is 0.972. The zero-order chi connectivity index (χ0) is 15.5. The molecule has 3 rings (SSSR count). The molecule has 0 spiro atoms. The van der Waals surface area contributed by atoms with Crippen molar-refractivity contribution in [3.05, 3.63) is 83.6 Å². The van der Waals surface area contributed by atoms with Gasteiger partial charge in [0.25, 0.3) is 0 Å². The second kappa shape index (κ2) is 6.15. The van der Waals surface area contributed by atoms with Crippen LogP contribution in [0.2, 0.25) is 0 Å². The van der Waals surface area contributed by atoms with E-state index in [2.05, 4.69) is 73.1 Å². The molecule has 1 heterocycles. The maximum absolute atomic E-state index is 4.64. The van der Waals surface area contributed by atoms with E-state index < -0.39 is 0 Å². The van der Waals surface area contributed by atoms with Gasteiger partial charge in [-0.1, -0.05) is 48.5 Å². The molecule has 2 aromatic carbocycles. The molecule has 3 aromatic rings. The van der Waals surface area contributed by atoms with Crippen LogP contribution in [0.3, 0.4) is 0 Å². The lowest BCUT2D eigenvalue weighted by molar-refractivity contribution is 0.961. The SMILES string of the molecule is C=C(C)c1ccc2cc(CCc3ccc(C)cc3)ccc2n1. The van der Waals surface area contributed by atoms with Crippen LogP contribution in [0.25, 0.3) is 16.5 Å². The van der Waals surface area contributed by atoms with Crippen LogP contribution in [0.15, 0.2) is 61.2 Å². The number of allylic oxidation sites excluding steroid dienone is 1. The van der Waals surface area contributed by atoms with Crippen molar-refractivity contribution in [2.24, 2.45) is 0 Å². The molecule has 0 radical (unpaired) electrons. The van der Waals surface area contributed by atoms with Gasteiger partial charge in [-0.3, -0.25) is 0 Å². The fourth-order valence-electron chi connectivity index (χ4n) is 2.61. The summed E-state index contributed by atoms with van der Waals surface area (Å²) < 4.78 is 0. The minimum atomic E-state index is 0.972. The summed E-state index contributed by atoms with van der Waals surface area (Å²) in [4.78, 5) is 4.64. The van der Waals surface area contributed by atoms with Crippen molar-refractivity contribution < 1.29 is 0 Å². The molecular formula is C21H21N. The van der Waals surface area contributed by atoms with Crippen molar-refractivity contribution in [2.75, 3.05) is 0 Å². The normalized spacial score (nSPS) is 10.8. The van der Waals surface area contributed by atoms with Gasteiger partial charge in [-0.15, -0.1) is 0 Å². The summed E-state index contributed by atoms with van der Waals surface area (Å²) in [5.74, 6) is 0. The Morgan fingerprint density at radius 1 is 0.909 bits per heavy atom. The van der Waals surface area contributed by atoms with Gasteiger partial charge in [0, 0.05) is 5.39 Å². The van der Waals surface area contributed by atoms with Crippen molar-refractivity contribution in [3.8, 4) is 0 Å². The predicted octanol–water partition coefficient (Wildman–Crippen LogP) is 5.36. The lowest BCUT2D eigenvalue weighted by Gasteiger charge is -2.06. The smallest absolute Gasteiger partial charge is 0.0709 e. The Labute approximate surface area is 132 Å². The number of aromatic nitrogens is 1. The molecule has 0 fully saturated rings. The summed E-state index contributed by atoms with van der Waals surface area (Å²) in [6.07, 6.45) is 2.13. The number of hydrogen-bond acceptors (Lipinski definition) is 1. The highest BCUT2D eigenvalue weighted by Crippen LogP contribution is 2.19. The second-order valence-corrected chi connectivity index (χ2v) is 5.99. The van der Waals surface area contributed by atoms with Crippen molar-refractivity contribution in [1.29, 1.82) is 0 Å². The zero-order valence-electron chi connectivity index (χ0n) is 13.3. The van der Waals surface area contributed by atoms with E-state index in [-0.39, 0.29) is 0 Å². The van der Waals surface area contributed by atoms with Gasteiger partial charge in [0.2, 0.25) is 0 Å². The summed E-state index contributed by atoms with van der Waals surface area (Å²) >= 11 is 0. The van der Waals surface area contributed by atoms with Gasteiger partial charge in [-0.25, -0.2) is 4.98 Å². The lowest BCUT2D eigenvalue weighted by atomic mass is 10.0. The number of pyridine rings is 1. The Bertz CT molecular complexity index is 813. The van der Waals surface area contributed by atoms with Crippen LogP contribution in [0.1, 0.15) is 29.3 Å². The molecule has 0 bridgehead atoms. The highest BCUT2D eigenvalue weighted by molar-refractivity contribution is 5.81. The van der Waals surface area contributed by atoms with Crippen LogP contribution in [-0.2, 0) is 12.8 Å². The third-order valence-corrected chi connectivity index (χ3v) is 4.01. The molecule has 110 valence electrons. The van der Waals surface area contributed by atoms with Crippen LogP contribution in [0, 0.1) is 6.92 Å². The molecule has 0 saturated carbocycles. The molecule has 0 atom stereocenters. The summed E-state index contributed by atoms with van der Waals surface area (Å²) in [7, 11) is 0. The maximum Gasteiger partial charge on any atom is 0.0709 e. The summed E-state index contributed by atoms with van der Waals surface area (Å²) in [5.41, 5.74) is 7.08. The van der Waals surface area contributed by atoms with Crippen molar-refractivity contribution in [2.45, 2.75) is 26.7 Å². The van der Waals surface area contributed by atoms with Gasteiger partial charge < -0.3 is 0 Å². The quantitative estimate of drug-likeness (QED) is 0.629. The Hall–Kier alpha value is -2.41. The van der Waals surface area contributed by atoms with Crippen molar-refractivity contribution in [1.82, 2.24) is 4.98 Å². The first-order valence-electron chi connectivity index (χ1n) is 7.73. The predicted molar refractivity (Wildman–Crippen MR) is 95.0 cm³/mol. The minimum Gasteiger partial charge on any atom is -0.248 e. The fourth-order valence-corrected chi connectivity index (χ4v) is 2.61. The summed E-state index contributed by atoms with van der Waals surface area (Å²) in [6.45, 7) is 8.07. The first-order chi connectivity index (χ1) is 10.6. The van der Waals surface area contributed by atoms with Crippen LogP contribution >= 0.6 is 0 Å². The molecular weight excluding hydrogens is 266 g/mol. The van der Waals surface area contributed by atoms with E-state index >= 15 is 0 Å². The van der Waals surface area contributed by atoms with Crippen molar-refractivity contribution >= 4 is 16.5 Å². The Kier molecular flexibility index (Phi) is 4.06. The first-order valence-corrected chi connectivity index (χ1v) is 7.73. The average molecular weight is 287 g/mol. The first kappa shape index (κ1) is 14.5. The summed E-state index contributed by atoms with van der Waals surface area (Å²) in [6, 6.07) is 19.5. The van der Waals surface area contributed by atoms with Crippen LogP contribution in [0.5, 0.6) is 0 Å². The van der Waals surface area contributed by atoms with E-state index in [1.165, 1.54) is 22.1 Å². The van der Waals surface area contributed by atoms with Gasteiger partial charge in [-0.05, 0) is 61.6 Å². The highest BCUT2D eigenvalue weighted by Gasteiger charge is 2.02. The lowest BCUT2D eigenvalue weighted by Crippen LogP contribution is -1.93. The third kappa shape index (κ3) is 3.25. The van der Waals surface area contributed by atoms with E-state index in [1.54, 1.807) is 0 Å². The molecule has 1 heteroatoms. The van der Waals surface area contributed by atoms with Gasteiger partial charge >= 0.3 is 0 Å². The van der Waals surface area contributed by atoms with Gasteiger partial charge in [0.05, 0.1) is 11.2 Å². The molecule has 1 aromatic heterocycles. The number of nitrogens with zero attached hydrogens (tertiary/aromatic N) is 1. The van der Waals surface area contributed by atoms with E-state index in [1.807, 2.05) is 6.92 Å². The van der Waals surface area contributed by atoms with Crippen LogP contribution < -0.4 is 0 Å². The zero-order valence-corrected chi connectivity index (χ0v) is 13.3. The molecule has 0 unspecified atom stereocenters. The second-order valence-electron chi connectivity index (χ2n) is 5.99. The van der Waals surface area contributed by atoms with E-state index in [0.29, 0.717) is 0 Å². The standard InChI is InChI=1S/C21H21N/c1-15(2)20-13-11-19-14-18(10-12-21(19)22-20)9-8-17-6-4-16(3)5-7-17/h4-7,10-14H,1,8-9H2,2-3H3. The molecule has 0 aliphatic heterocycles. The van der Waals surface area contributed by atoms with Crippen LogP contribution in [0.4, 0.5) is 0 Å². The molecule has 22 heavy (non-hydrogen) atoms. The van der Waals surface area contributed by atoms with Gasteiger partial charge in [-0.2, -0.15) is 0 Å². The molecule has 0 saturated heterocycles. The monoisotopic (exact) mass is 287 g/mol. The van der Waals surface area contributed by atoms with Crippen LogP contribution in [-0.4, -0.2) is 4.98 Å². The molecule has 1 nitrogen and oxygen atoms in total. The third-order valence-electron chi connectivity index (χ3n) is 4.01. The topological polar surface area (TPSA) is 12.9 Å². The Balaban J connectivity index is 1.78. The van der Waals surface area contributed by atoms with Gasteiger partial charge in [0.1, 0.15) is 0 Å².